The van der Waals surface area contributed by atoms with Crippen molar-refractivity contribution in [2.24, 2.45) is 0 Å². The van der Waals surface area contributed by atoms with Gasteiger partial charge >= 0.3 is 5.97 Å². The van der Waals surface area contributed by atoms with Gasteiger partial charge in [0.1, 0.15) is 5.75 Å². The van der Waals surface area contributed by atoms with Crippen molar-refractivity contribution < 1.29 is 19.6 Å². The molecule has 3 N–H and O–H groups in total. The summed E-state index contributed by atoms with van der Waals surface area (Å²) in [7, 11) is 0. The molecule has 1 aliphatic heterocycles. The largest absolute Gasteiger partial charge is 0.508 e. The molecule has 0 radical (unpaired) electrons. The third kappa shape index (κ3) is 3.39. The van der Waals surface area contributed by atoms with Crippen LogP contribution in [0.3, 0.4) is 0 Å². The minimum Gasteiger partial charge on any atom is -0.508 e. The Kier molecular flexibility index (Phi) is 4.80. The number of hydrogen-bond acceptors (Lipinski definition) is 6. The lowest BCUT2D eigenvalue weighted by atomic mass is 9.94. The van der Waals surface area contributed by atoms with Gasteiger partial charge in [-0.05, 0) is 32.1 Å². The van der Waals surface area contributed by atoms with Crippen molar-refractivity contribution in [3.05, 3.63) is 45.1 Å². The number of carbonyl (C=O) groups excluding carboxylic acids is 1. The Hall–Kier alpha value is -2.68. The van der Waals surface area contributed by atoms with Crippen molar-refractivity contribution in [3.63, 3.8) is 0 Å². The molecule has 23 heavy (non-hydrogen) atoms. The number of benzene rings is 1. The van der Waals surface area contributed by atoms with Gasteiger partial charge in [0.2, 0.25) is 0 Å². The zero-order chi connectivity index (χ0) is 17.1. The summed E-state index contributed by atoms with van der Waals surface area (Å²) in [6, 6.07) is 2.74. The molecule has 122 valence electrons. The number of carbonyl (C=O) groups is 1. The number of thiocarbonyl (C=S) groups is 1. The number of esters is 1. The predicted octanol–water partition coefficient (Wildman–Crippen LogP) is 1.66. The molecule has 0 aromatic heterocycles. The minimum absolute atomic E-state index is 0.172. The van der Waals surface area contributed by atoms with E-state index in [2.05, 4.69) is 10.6 Å². The second-order valence-corrected chi connectivity index (χ2v) is 5.20. The van der Waals surface area contributed by atoms with Gasteiger partial charge in [0.25, 0.3) is 5.69 Å². The molecule has 0 saturated heterocycles. The van der Waals surface area contributed by atoms with E-state index in [4.69, 9.17) is 17.0 Å². The van der Waals surface area contributed by atoms with E-state index in [1.807, 2.05) is 0 Å². The van der Waals surface area contributed by atoms with Gasteiger partial charge in [0, 0.05) is 23.4 Å². The number of nitrogens with zero attached hydrogens (tertiary/aromatic N) is 1. The molecule has 9 heteroatoms. The average Bonchev–Trinajstić information content (AvgIpc) is 2.46. The van der Waals surface area contributed by atoms with Crippen LogP contribution in [0.25, 0.3) is 0 Å². The molecule has 0 saturated carbocycles. The van der Waals surface area contributed by atoms with Crippen LogP contribution in [0.4, 0.5) is 5.69 Å². The molecule has 0 fully saturated rings. The molecule has 8 nitrogen and oxygen atoms in total. The molecule has 0 unspecified atom stereocenters. The van der Waals surface area contributed by atoms with E-state index in [1.165, 1.54) is 18.2 Å². The maximum atomic E-state index is 12.2. The molecule has 0 aliphatic carbocycles. The van der Waals surface area contributed by atoms with Crippen LogP contribution in [0, 0.1) is 10.1 Å². The Labute approximate surface area is 137 Å². The Morgan fingerprint density at radius 1 is 1.52 bits per heavy atom. The van der Waals surface area contributed by atoms with Crippen LogP contribution >= 0.6 is 12.2 Å². The third-order valence-electron chi connectivity index (χ3n) is 3.30. The maximum Gasteiger partial charge on any atom is 0.338 e. The first-order chi connectivity index (χ1) is 10.8. The summed E-state index contributed by atoms with van der Waals surface area (Å²) >= 11 is 5.07. The molecule has 1 aromatic carbocycles. The standard InChI is InChI=1S/C14H15N3O5S/c1-3-22-13(19)11-7(2)15-14(23)16-12(11)9-6-8(17(20)21)4-5-10(9)18/h4-6,12,18H,3H2,1-2H3,(H2,15,16,23)/t12-/m1/s1. The number of phenols is 1. The number of hydrogen-bond donors (Lipinski definition) is 3. The summed E-state index contributed by atoms with van der Waals surface area (Å²) in [5.74, 6) is -0.782. The van der Waals surface area contributed by atoms with Gasteiger partial charge in [-0.3, -0.25) is 10.1 Å². The Bertz CT molecular complexity index is 716. The predicted molar refractivity (Wildman–Crippen MR) is 85.7 cm³/mol. The number of phenolic OH excluding ortho intramolecular Hbond substituents is 1. The highest BCUT2D eigenvalue weighted by Crippen LogP contribution is 2.35. The number of nitro benzene ring substituents is 1. The average molecular weight is 337 g/mol. The van der Waals surface area contributed by atoms with Crippen LogP contribution in [-0.4, -0.2) is 27.7 Å². The SMILES string of the molecule is CCOC(=O)C1=C(C)NC(=S)N[C@@H]1c1cc([N+](=O)[O-])ccc1O. The highest BCUT2D eigenvalue weighted by Gasteiger charge is 2.33. The number of aromatic hydroxyl groups is 1. The van der Waals surface area contributed by atoms with Crippen molar-refractivity contribution >= 4 is 29.0 Å². The molecule has 1 heterocycles. The van der Waals surface area contributed by atoms with Gasteiger partial charge < -0.3 is 20.5 Å². The quantitative estimate of drug-likeness (QED) is 0.329. The van der Waals surface area contributed by atoms with Crippen LogP contribution < -0.4 is 10.6 Å². The summed E-state index contributed by atoms with van der Waals surface area (Å²) in [6.07, 6.45) is 0. The van der Waals surface area contributed by atoms with Crippen LogP contribution in [-0.2, 0) is 9.53 Å². The Morgan fingerprint density at radius 3 is 2.83 bits per heavy atom. The van der Waals surface area contributed by atoms with E-state index in [0.717, 1.165) is 0 Å². The van der Waals surface area contributed by atoms with Gasteiger partial charge in [0.05, 0.1) is 23.1 Å². The second-order valence-electron chi connectivity index (χ2n) is 4.79. The summed E-state index contributed by atoms with van der Waals surface area (Å²) in [4.78, 5) is 22.6. The lowest BCUT2D eigenvalue weighted by Gasteiger charge is -2.30. The maximum absolute atomic E-state index is 12.2. The smallest absolute Gasteiger partial charge is 0.338 e. The van der Waals surface area contributed by atoms with E-state index in [1.54, 1.807) is 13.8 Å². The van der Waals surface area contributed by atoms with Crippen LogP contribution in [0.2, 0.25) is 0 Å². The van der Waals surface area contributed by atoms with E-state index < -0.39 is 16.9 Å². The molecule has 0 amide bonds. The number of rotatable bonds is 4. The van der Waals surface area contributed by atoms with Gasteiger partial charge in [-0.15, -0.1) is 0 Å². The van der Waals surface area contributed by atoms with Crippen LogP contribution in [0.1, 0.15) is 25.5 Å². The van der Waals surface area contributed by atoms with Crippen molar-refractivity contribution in [2.45, 2.75) is 19.9 Å². The first-order valence-electron chi connectivity index (χ1n) is 6.77. The lowest BCUT2D eigenvalue weighted by Crippen LogP contribution is -2.45. The fraction of sp³-hybridized carbons (Fsp3) is 0.286. The molecule has 1 aliphatic rings. The van der Waals surface area contributed by atoms with Gasteiger partial charge in [-0.25, -0.2) is 4.79 Å². The Morgan fingerprint density at radius 2 is 2.22 bits per heavy atom. The third-order valence-corrected chi connectivity index (χ3v) is 3.52. The first kappa shape index (κ1) is 16.7. The summed E-state index contributed by atoms with van der Waals surface area (Å²) in [5.41, 5.74) is 0.634. The number of nitrogens with one attached hydrogen (secondary N) is 2. The lowest BCUT2D eigenvalue weighted by molar-refractivity contribution is -0.385. The fourth-order valence-electron chi connectivity index (χ4n) is 2.29. The molecule has 2 rings (SSSR count). The van der Waals surface area contributed by atoms with Crippen LogP contribution in [0.5, 0.6) is 5.75 Å². The topological polar surface area (TPSA) is 114 Å². The summed E-state index contributed by atoms with van der Waals surface area (Å²) in [6.45, 7) is 3.48. The monoisotopic (exact) mass is 337 g/mol. The summed E-state index contributed by atoms with van der Waals surface area (Å²) < 4.78 is 5.02. The van der Waals surface area contributed by atoms with Crippen molar-refractivity contribution in [1.29, 1.82) is 0 Å². The molecular weight excluding hydrogens is 322 g/mol. The zero-order valence-corrected chi connectivity index (χ0v) is 13.3. The van der Waals surface area contributed by atoms with E-state index >= 15 is 0 Å². The van der Waals surface area contributed by atoms with Gasteiger partial charge in [-0.1, -0.05) is 0 Å². The number of nitro groups is 1. The van der Waals surface area contributed by atoms with Gasteiger partial charge in [0.15, 0.2) is 5.11 Å². The molecule has 1 aromatic rings. The highest BCUT2D eigenvalue weighted by molar-refractivity contribution is 7.80. The number of allylic oxidation sites excluding steroid dienone is 1. The van der Waals surface area contributed by atoms with Crippen molar-refractivity contribution in [3.8, 4) is 5.75 Å². The molecule has 0 bridgehead atoms. The molecule has 1 atom stereocenters. The molecule has 0 spiro atoms. The van der Waals surface area contributed by atoms with Crippen LogP contribution in [0.15, 0.2) is 29.5 Å². The zero-order valence-electron chi connectivity index (χ0n) is 12.5. The Balaban J connectivity index is 2.56. The second kappa shape index (κ2) is 6.61. The normalized spacial score (nSPS) is 17.3. The first-order valence-corrected chi connectivity index (χ1v) is 7.18. The summed E-state index contributed by atoms with van der Waals surface area (Å²) in [5, 5.41) is 26.9. The number of ether oxygens (including phenoxy) is 1. The highest BCUT2D eigenvalue weighted by atomic mass is 32.1. The minimum atomic E-state index is -0.845. The van der Waals surface area contributed by atoms with Gasteiger partial charge in [-0.2, -0.15) is 0 Å². The van der Waals surface area contributed by atoms with Crippen molar-refractivity contribution in [1.82, 2.24) is 10.6 Å². The number of non-ortho nitro benzene ring substituents is 1. The molecular formula is C14H15N3O5S. The van der Waals surface area contributed by atoms with E-state index in [9.17, 15) is 20.0 Å². The fourth-order valence-corrected chi connectivity index (χ4v) is 2.56. The van der Waals surface area contributed by atoms with E-state index in [0.29, 0.717) is 5.70 Å². The van der Waals surface area contributed by atoms with Crippen molar-refractivity contribution in [2.75, 3.05) is 6.61 Å². The van der Waals surface area contributed by atoms with E-state index in [-0.39, 0.29) is 34.3 Å².